The first kappa shape index (κ1) is 15.8. The predicted octanol–water partition coefficient (Wildman–Crippen LogP) is 4.11. The lowest BCUT2D eigenvalue weighted by molar-refractivity contribution is -0.118. The molecule has 0 aliphatic heterocycles. The van der Waals surface area contributed by atoms with Crippen LogP contribution in [0.15, 0.2) is 46.9 Å². The van der Waals surface area contributed by atoms with E-state index in [4.69, 9.17) is 26.0 Å². The van der Waals surface area contributed by atoms with Gasteiger partial charge in [-0.1, -0.05) is 23.7 Å². The molecule has 0 atom stereocenters. The molecule has 1 heterocycles. The number of ether oxygens (including phenoxy) is 1. The smallest absolute Gasteiger partial charge is 0.262 e. The van der Waals surface area contributed by atoms with Gasteiger partial charge in [0.1, 0.15) is 28.9 Å². The average Bonchev–Trinajstić information content (AvgIpc) is 2.94. The van der Waals surface area contributed by atoms with Gasteiger partial charge in [-0.15, -0.1) is 0 Å². The number of amides is 1. The molecule has 1 N–H and O–H groups in total. The van der Waals surface area contributed by atoms with Crippen molar-refractivity contribution < 1.29 is 18.3 Å². The highest BCUT2D eigenvalue weighted by atomic mass is 35.5. The maximum atomic E-state index is 13.1. The van der Waals surface area contributed by atoms with E-state index in [2.05, 4.69) is 5.32 Å². The molecule has 24 heavy (non-hydrogen) atoms. The Balaban J connectivity index is 1.73. The average molecular weight is 345 g/mol. The van der Waals surface area contributed by atoms with Gasteiger partial charge in [0, 0.05) is 11.5 Å². The summed E-state index contributed by atoms with van der Waals surface area (Å²) in [5.41, 5.74) is 0.787. The van der Waals surface area contributed by atoms with Crippen LogP contribution in [-0.2, 0) is 4.79 Å². The summed E-state index contributed by atoms with van der Waals surface area (Å²) in [5, 5.41) is 12.2. The Morgan fingerprint density at radius 2 is 2.12 bits per heavy atom. The zero-order valence-electron chi connectivity index (χ0n) is 12.2. The Bertz CT molecular complexity index is 962. The number of halogens is 2. The molecule has 0 fully saturated rings. The zero-order chi connectivity index (χ0) is 17.1. The molecule has 7 heteroatoms. The number of rotatable bonds is 4. The number of carbonyl (C=O) groups is 1. The normalized spacial score (nSPS) is 10.4. The SMILES string of the molecule is N#Cc1oc2ccccc2c1NC(=O)COc1ccc(F)c(Cl)c1. The van der Waals surface area contributed by atoms with Gasteiger partial charge in [0.2, 0.25) is 5.76 Å². The molecule has 1 amide bonds. The highest BCUT2D eigenvalue weighted by Crippen LogP contribution is 2.30. The third-order valence-electron chi connectivity index (χ3n) is 3.22. The minimum atomic E-state index is -0.572. The van der Waals surface area contributed by atoms with Gasteiger partial charge in [-0.2, -0.15) is 5.26 Å². The Hall–Kier alpha value is -3.04. The van der Waals surface area contributed by atoms with Gasteiger partial charge < -0.3 is 14.5 Å². The van der Waals surface area contributed by atoms with Gasteiger partial charge in [-0.25, -0.2) is 4.39 Å². The quantitative estimate of drug-likeness (QED) is 0.772. The molecular weight excluding hydrogens is 335 g/mol. The van der Waals surface area contributed by atoms with E-state index in [1.807, 2.05) is 6.07 Å². The Morgan fingerprint density at radius 1 is 1.33 bits per heavy atom. The largest absolute Gasteiger partial charge is 0.484 e. The molecule has 1 aromatic heterocycles. The van der Waals surface area contributed by atoms with E-state index < -0.39 is 11.7 Å². The van der Waals surface area contributed by atoms with Crippen LogP contribution in [0.25, 0.3) is 11.0 Å². The summed E-state index contributed by atoms with van der Waals surface area (Å²) in [6.45, 7) is -0.327. The number of furan rings is 1. The number of anilines is 1. The fourth-order valence-electron chi connectivity index (χ4n) is 2.14. The highest BCUT2D eigenvalue weighted by Gasteiger charge is 2.16. The molecule has 0 spiro atoms. The van der Waals surface area contributed by atoms with Crippen molar-refractivity contribution in [1.82, 2.24) is 0 Å². The molecule has 120 valence electrons. The summed E-state index contributed by atoms with van der Waals surface area (Å²) >= 11 is 5.65. The van der Waals surface area contributed by atoms with Crippen LogP contribution in [0.2, 0.25) is 5.02 Å². The van der Waals surface area contributed by atoms with E-state index in [0.717, 1.165) is 6.07 Å². The van der Waals surface area contributed by atoms with Crippen molar-refractivity contribution in [3.8, 4) is 11.8 Å². The van der Waals surface area contributed by atoms with Gasteiger partial charge in [0.05, 0.1) is 5.02 Å². The van der Waals surface area contributed by atoms with E-state index in [0.29, 0.717) is 16.7 Å². The fraction of sp³-hybridized carbons (Fsp3) is 0.0588. The Labute approximate surface area is 141 Å². The number of benzene rings is 2. The summed E-state index contributed by atoms with van der Waals surface area (Å²) in [7, 11) is 0. The van der Waals surface area contributed by atoms with Crippen molar-refractivity contribution >= 4 is 34.2 Å². The molecular formula is C17H10ClFN2O3. The molecule has 0 saturated heterocycles. The number of para-hydroxylation sites is 1. The van der Waals surface area contributed by atoms with Crippen molar-refractivity contribution in [2.24, 2.45) is 0 Å². The number of hydrogen-bond donors (Lipinski definition) is 1. The Morgan fingerprint density at radius 3 is 2.88 bits per heavy atom. The van der Waals surface area contributed by atoms with Crippen molar-refractivity contribution in [2.45, 2.75) is 0 Å². The number of nitriles is 1. The summed E-state index contributed by atoms with van der Waals surface area (Å²) in [4.78, 5) is 12.1. The molecule has 0 unspecified atom stereocenters. The van der Waals surface area contributed by atoms with Gasteiger partial charge in [-0.3, -0.25) is 4.79 Å². The van der Waals surface area contributed by atoms with Crippen LogP contribution in [0.5, 0.6) is 5.75 Å². The van der Waals surface area contributed by atoms with Crippen LogP contribution in [-0.4, -0.2) is 12.5 Å². The lowest BCUT2D eigenvalue weighted by atomic mass is 10.2. The van der Waals surface area contributed by atoms with Crippen molar-refractivity contribution in [3.05, 3.63) is 59.1 Å². The number of hydrogen-bond acceptors (Lipinski definition) is 4. The molecule has 0 aliphatic rings. The number of nitrogens with zero attached hydrogens (tertiary/aromatic N) is 1. The van der Waals surface area contributed by atoms with Gasteiger partial charge in [0.25, 0.3) is 5.91 Å². The number of fused-ring (bicyclic) bond motifs is 1. The summed E-state index contributed by atoms with van der Waals surface area (Å²) < 4.78 is 23.7. The second-order valence-electron chi connectivity index (χ2n) is 4.83. The lowest BCUT2D eigenvalue weighted by Gasteiger charge is -2.07. The van der Waals surface area contributed by atoms with Crippen LogP contribution in [0.3, 0.4) is 0 Å². The van der Waals surface area contributed by atoms with Crippen LogP contribution in [0.4, 0.5) is 10.1 Å². The summed E-state index contributed by atoms with van der Waals surface area (Å²) in [5.74, 6) is -0.793. The first-order valence-corrected chi connectivity index (χ1v) is 7.25. The van der Waals surface area contributed by atoms with Crippen LogP contribution < -0.4 is 10.1 Å². The molecule has 0 saturated carbocycles. The minimum absolute atomic E-state index is 0.00868. The van der Waals surface area contributed by atoms with Crippen LogP contribution >= 0.6 is 11.6 Å². The summed E-state index contributed by atoms with van der Waals surface area (Å²) in [6, 6.07) is 12.6. The number of nitrogens with one attached hydrogen (secondary N) is 1. The van der Waals surface area contributed by atoms with Crippen LogP contribution in [0.1, 0.15) is 5.76 Å². The Kier molecular flexibility index (Phi) is 4.36. The second kappa shape index (κ2) is 6.60. The van der Waals surface area contributed by atoms with Crippen molar-refractivity contribution in [2.75, 3.05) is 11.9 Å². The van der Waals surface area contributed by atoms with E-state index in [-0.39, 0.29) is 23.1 Å². The molecule has 3 rings (SSSR count). The third kappa shape index (κ3) is 3.16. The third-order valence-corrected chi connectivity index (χ3v) is 3.51. The first-order chi connectivity index (χ1) is 11.6. The minimum Gasteiger partial charge on any atom is -0.484 e. The first-order valence-electron chi connectivity index (χ1n) is 6.88. The van der Waals surface area contributed by atoms with E-state index in [1.165, 1.54) is 12.1 Å². The molecule has 3 aromatic rings. The highest BCUT2D eigenvalue weighted by molar-refractivity contribution is 6.30. The maximum Gasteiger partial charge on any atom is 0.262 e. The molecule has 0 radical (unpaired) electrons. The molecule has 0 bridgehead atoms. The van der Waals surface area contributed by atoms with Gasteiger partial charge >= 0.3 is 0 Å². The molecule has 5 nitrogen and oxygen atoms in total. The zero-order valence-corrected chi connectivity index (χ0v) is 12.9. The topological polar surface area (TPSA) is 75.3 Å². The number of carbonyl (C=O) groups excluding carboxylic acids is 1. The van der Waals surface area contributed by atoms with E-state index in [9.17, 15) is 9.18 Å². The lowest BCUT2D eigenvalue weighted by Crippen LogP contribution is -2.20. The fourth-order valence-corrected chi connectivity index (χ4v) is 2.31. The van der Waals surface area contributed by atoms with Gasteiger partial charge in [0.15, 0.2) is 6.61 Å². The predicted molar refractivity (Wildman–Crippen MR) is 86.5 cm³/mol. The van der Waals surface area contributed by atoms with E-state index in [1.54, 1.807) is 24.3 Å². The van der Waals surface area contributed by atoms with Crippen LogP contribution in [0, 0.1) is 17.1 Å². The van der Waals surface area contributed by atoms with Crippen molar-refractivity contribution in [1.29, 1.82) is 5.26 Å². The molecule has 0 aliphatic carbocycles. The van der Waals surface area contributed by atoms with Crippen molar-refractivity contribution in [3.63, 3.8) is 0 Å². The molecule has 2 aromatic carbocycles. The van der Waals surface area contributed by atoms with Gasteiger partial charge in [-0.05, 0) is 24.3 Å². The maximum absolute atomic E-state index is 13.1. The van der Waals surface area contributed by atoms with E-state index >= 15 is 0 Å². The summed E-state index contributed by atoms with van der Waals surface area (Å²) in [6.07, 6.45) is 0. The monoisotopic (exact) mass is 344 g/mol. The standard InChI is InChI=1S/C17H10ClFN2O3/c18-12-7-10(5-6-13(12)19)23-9-16(22)21-17-11-3-1-2-4-14(11)24-15(17)8-20/h1-7H,9H2,(H,21,22). The second-order valence-corrected chi connectivity index (χ2v) is 5.23.